The molecule has 21 heteroatoms. The van der Waals surface area contributed by atoms with E-state index in [0.29, 0.717) is 32.2 Å². The van der Waals surface area contributed by atoms with Crippen LogP contribution in [0.25, 0.3) is 0 Å². The van der Waals surface area contributed by atoms with Crippen molar-refractivity contribution in [3.63, 3.8) is 0 Å². The molecule has 0 saturated heterocycles. The second kappa shape index (κ2) is 27.6. The quantitative estimate of drug-likeness (QED) is 0.0219. The van der Waals surface area contributed by atoms with Crippen molar-refractivity contribution in [2.45, 2.75) is 143 Å². The lowest BCUT2D eigenvalue weighted by Crippen LogP contribution is -2.60. The third-order valence-corrected chi connectivity index (χ3v) is 9.70. The first-order chi connectivity index (χ1) is 27.1. The number of nitrogens with zero attached hydrogens (tertiary/aromatic N) is 1. The number of guanidine groups is 1. The molecular formula is C37H70N12O9. The number of carbonyl (C=O) groups excluding carboxylic acids is 7. The molecule has 0 fully saturated rings. The van der Waals surface area contributed by atoms with Crippen LogP contribution in [0.1, 0.15) is 100 Å². The standard InChI is InChI=1S/C37H70N12O9/c1-9-20(5)28(49-33(54)25(15-13-17-42-37(40)41)46-31(52)23(8)45-34(55)27(39)19(3)4)35(56)47-24(14-11-12-16-38)32(53)44-22(7)30(51)43-18-26(50)48-29(36(57)58)21(6)10-2/h19-25,27-29H,9-18,38-39H2,1-8H3,(H,43,51)(H,44,53)(H,45,55)(H,46,52)(H,47,56)(H,48,50)(H,49,54)(H,57,58)(H4,40,41,42)/t20-,21-,22-,23-,24-,25-,27-,28-,29-/m0/s1. The number of carbonyl (C=O) groups is 8. The van der Waals surface area contributed by atoms with Crippen molar-refractivity contribution < 1.29 is 43.5 Å². The van der Waals surface area contributed by atoms with Crippen LogP contribution in [0, 0.1) is 17.8 Å². The number of amides is 7. The van der Waals surface area contributed by atoms with E-state index in [2.05, 4.69) is 42.2 Å². The van der Waals surface area contributed by atoms with E-state index in [0.717, 1.165) is 0 Å². The van der Waals surface area contributed by atoms with E-state index in [1.807, 2.05) is 0 Å². The molecule has 0 aromatic heterocycles. The summed E-state index contributed by atoms with van der Waals surface area (Å²) in [4.78, 5) is 108. The minimum atomic E-state index is -1.21. The van der Waals surface area contributed by atoms with Crippen molar-refractivity contribution in [3.8, 4) is 0 Å². The lowest BCUT2D eigenvalue weighted by atomic mass is 9.96. The number of hydrogen-bond acceptors (Lipinski definition) is 11. The van der Waals surface area contributed by atoms with Gasteiger partial charge in [0, 0.05) is 6.54 Å². The predicted octanol–water partition coefficient (Wildman–Crippen LogP) is -2.61. The van der Waals surface area contributed by atoms with Crippen LogP contribution >= 0.6 is 0 Å². The Balaban J connectivity index is 6.03. The maximum absolute atomic E-state index is 13.9. The van der Waals surface area contributed by atoms with Gasteiger partial charge in [-0.15, -0.1) is 0 Å². The van der Waals surface area contributed by atoms with Crippen molar-refractivity contribution >= 4 is 53.3 Å². The van der Waals surface area contributed by atoms with Crippen molar-refractivity contribution in [2.24, 2.45) is 45.7 Å². The number of nitrogens with two attached hydrogens (primary N) is 4. The van der Waals surface area contributed by atoms with Gasteiger partial charge in [0.2, 0.25) is 41.4 Å². The first-order valence-corrected chi connectivity index (χ1v) is 19.9. The highest BCUT2D eigenvalue weighted by Gasteiger charge is 2.34. The topological polar surface area (TPSA) is 357 Å². The first-order valence-electron chi connectivity index (χ1n) is 19.9. The molecule has 58 heavy (non-hydrogen) atoms. The van der Waals surface area contributed by atoms with E-state index in [4.69, 9.17) is 22.9 Å². The number of carboxylic acids is 1. The highest BCUT2D eigenvalue weighted by Crippen LogP contribution is 2.12. The van der Waals surface area contributed by atoms with Crippen LogP contribution in [-0.4, -0.2) is 120 Å². The number of carboxylic acid groups (broad SMARTS) is 1. The molecule has 0 spiro atoms. The summed E-state index contributed by atoms with van der Waals surface area (Å²) in [6.07, 6.45) is 2.32. The monoisotopic (exact) mass is 827 g/mol. The number of aliphatic carboxylic acids is 1. The van der Waals surface area contributed by atoms with Crippen LogP contribution in [0.3, 0.4) is 0 Å². The molecule has 7 amide bonds. The summed E-state index contributed by atoms with van der Waals surface area (Å²) in [5, 5.41) is 27.3. The zero-order chi connectivity index (χ0) is 44.7. The van der Waals surface area contributed by atoms with Gasteiger partial charge in [0.1, 0.15) is 36.3 Å². The smallest absolute Gasteiger partial charge is 0.326 e. The number of nitrogens with one attached hydrogen (secondary N) is 7. The van der Waals surface area contributed by atoms with Gasteiger partial charge in [0.25, 0.3) is 0 Å². The fourth-order valence-corrected chi connectivity index (χ4v) is 5.33. The minimum Gasteiger partial charge on any atom is -0.480 e. The molecule has 0 aliphatic carbocycles. The van der Waals surface area contributed by atoms with Gasteiger partial charge in [-0.25, -0.2) is 4.79 Å². The zero-order valence-electron chi connectivity index (χ0n) is 35.3. The van der Waals surface area contributed by atoms with Gasteiger partial charge in [0.15, 0.2) is 5.96 Å². The molecule has 0 unspecified atom stereocenters. The second-order valence-electron chi connectivity index (χ2n) is 14.9. The Morgan fingerprint density at radius 1 is 0.603 bits per heavy atom. The van der Waals surface area contributed by atoms with E-state index < -0.39 is 102 Å². The van der Waals surface area contributed by atoms with Crippen LogP contribution < -0.4 is 60.2 Å². The molecule has 0 saturated carbocycles. The Morgan fingerprint density at radius 3 is 1.62 bits per heavy atom. The Labute approximate surface area is 341 Å². The summed E-state index contributed by atoms with van der Waals surface area (Å²) in [7, 11) is 0. The van der Waals surface area contributed by atoms with Crippen molar-refractivity contribution in [1.82, 2.24) is 37.2 Å². The fraction of sp³-hybridized carbons (Fsp3) is 0.757. The van der Waals surface area contributed by atoms with E-state index in [1.54, 1.807) is 41.5 Å². The second-order valence-corrected chi connectivity index (χ2v) is 14.9. The summed E-state index contributed by atoms with van der Waals surface area (Å²) < 4.78 is 0. The minimum absolute atomic E-state index is 0.0547. The summed E-state index contributed by atoms with van der Waals surface area (Å²) in [6.45, 7) is 13.2. The Morgan fingerprint density at radius 2 is 1.10 bits per heavy atom. The maximum Gasteiger partial charge on any atom is 0.326 e. The number of aliphatic imine (C=N–C) groups is 1. The number of hydrogen-bond donors (Lipinski definition) is 12. The van der Waals surface area contributed by atoms with Crippen molar-refractivity contribution in [1.29, 1.82) is 0 Å². The highest BCUT2D eigenvalue weighted by atomic mass is 16.4. The van der Waals surface area contributed by atoms with E-state index in [9.17, 15) is 43.5 Å². The molecule has 0 bridgehead atoms. The molecule has 16 N–H and O–H groups in total. The van der Waals surface area contributed by atoms with Crippen molar-refractivity contribution in [2.75, 3.05) is 19.6 Å². The predicted molar refractivity (Wildman–Crippen MR) is 218 cm³/mol. The van der Waals surface area contributed by atoms with Crippen LogP contribution in [0.5, 0.6) is 0 Å². The summed E-state index contributed by atoms with van der Waals surface area (Å²) in [6, 6.07) is -7.76. The Bertz CT molecular complexity index is 1410. The Hall–Kier alpha value is -5.05. The van der Waals surface area contributed by atoms with Crippen molar-refractivity contribution in [3.05, 3.63) is 0 Å². The maximum atomic E-state index is 13.9. The largest absolute Gasteiger partial charge is 0.480 e. The lowest BCUT2D eigenvalue weighted by Gasteiger charge is -2.29. The highest BCUT2D eigenvalue weighted by molar-refractivity contribution is 5.97. The molecule has 9 atom stereocenters. The van der Waals surface area contributed by atoms with Gasteiger partial charge < -0.3 is 65.3 Å². The summed E-state index contributed by atoms with van der Waals surface area (Å²) in [5.74, 6) is -7.20. The third-order valence-electron chi connectivity index (χ3n) is 9.70. The van der Waals surface area contributed by atoms with Crippen LogP contribution in [0.4, 0.5) is 0 Å². The SMILES string of the molecule is CC[C@H](C)[C@H](NC(=O)CNC(=O)[C@H](C)NC(=O)[C@H](CCCCN)NC(=O)[C@@H](NC(=O)[C@H](CCCN=C(N)N)NC(=O)[C@H](C)NC(=O)[C@@H](N)C(C)C)[C@@H](C)CC)C(=O)O. The average molecular weight is 827 g/mol. The normalized spacial score (nSPS) is 15.7. The molecule has 0 radical (unpaired) electrons. The van der Waals surface area contributed by atoms with E-state index >= 15 is 0 Å². The number of unbranched alkanes of at least 4 members (excludes halogenated alkanes) is 1. The lowest BCUT2D eigenvalue weighted by molar-refractivity contribution is -0.143. The zero-order valence-corrected chi connectivity index (χ0v) is 35.3. The average Bonchev–Trinajstić information content (AvgIpc) is 3.16. The molecule has 0 aliphatic rings. The molecule has 0 aromatic rings. The van der Waals surface area contributed by atoms with Gasteiger partial charge in [0.05, 0.1) is 12.6 Å². The molecule has 0 aromatic carbocycles. The number of rotatable bonds is 28. The summed E-state index contributed by atoms with van der Waals surface area (Å²) >= 11 is 0. The fourth-order valence-electron chi connectivity index (χ4n) is 5.33. The van der Waals surface area contributed by atoms with Crippen LogP contribution in [0.15, 0.2) is 4.99 Å². The molecule has 21 nitrogen and oxygen atoms in total. The molecule has 0 heterocycles. The van der Waals surface area contributed by atoms with Gasteiger partial charge in [-0.1, -0.05) is 54.4 Å². The van der Waals surface area contributed by atoms with Gasteiger partial charge in [-0.3, -0.25) is 38.6 Å². The first kappa shape index (κ1) is 52.9. The van der Waals surface area contributed by atoms with Gasteiger partial charge in [-0.05, 0) is 70.3 Å². The van der Waals surface area contributed by atoms with Crippen LogP contribution in [0.2, 0.25) is 0 Å². The molecule has 0 aliphatic heterocycles. The van der Waals surface area contributed by atoms with E-state index in [-0.39, 0.29) is 43.6 Å². The van der Waals surface area contributed by atoms with Gasteiger partial charge >= 0.3 is 5.97 Å². The molecule has 0 rings (SSSR count). The molecule has 332 valence electrons. The van der Waals surface area contributed by atoms with Gasteiger partial charge in [-0.2, -0.15) is 0 Å². The summed E-state index contributed by atoms with van der Waals surface area (Å²) in [5.41, 5.74) is 22.4. The Kier molecular flexibility index (Phi) is 25.2. The van der Waals surface area contributed by atoms with E-state index in [1.165, 1.54) is 13.8 Å². The van der Waals surface area contributed by atoms with Crippen LogP contribution in [-0.2, 0) is 38.4 Å². The molecular weight excluding hydrogens is 756 g/mol. The third kappa shape index (κ3) is 19.9.